The Morgan fingerprint density at radius 3 is 2.00 bits per heavy atom. The first-order chi connectivity index (χ1) is 9.60. The van der Waals surface area contributed by atoms with Gasteiger partial charge in [-0.15, -0.1) is 0 Å². The van der Waals surface area contributed by atoms with Gasteiger partial charge in [0, 0.05) is 18.6 Å². The quantitative estimate of drug-likeness (QED) is 0.767. The molecule has 118 valence electrons. The Hall–Kier alpha value is -0.120. The molecule has 2 heterocycles. The van der Waals surface area contributed by atoms with E-state index in [4.69, 9.17) is 0 Å². The third-order valence-electron chi connectivity index (χ3n) is 5.62. The Bertz CT molecular complexity index is 263. The van der Waals surface area contributed by atoms with Gasteiger partial charge in [0.1, 0.15) is 0 Å². The number of piperidine rings is 2. The van der Waals surface area contributed by atoms with Crippen molar-refractivity contribution in [1.82, 2.24) is 14.7 Å². The largest absolute Gasteiger partial charge is 0.304 e. The number of hydrogen-bond acceptors (Lipinski definition) is 3. The highest BCUT2D eigenvalue weighted by molar-refractivity contribution is 4.82. The summed E-state index contributed by atoms with van der Waals surface area (Å²) in [6.45, 7) is 14.8. The van der Waals surface area contributed by atoms with Crippen LogP contribution >= 0.6 is 0 Å². The Labute approximate surface area is 126 Å². The predicted molar refractivity (Wildman–Crippen MR) is 87.2 cm³/mol. The highest BCUT2D eigenvalue weighted by atomic mass is 15.2. The zero-order valence-corrected chi connectivity index (χ0v) is 14.1. The first kappa shape index (κ1) is 16.3. The molecule has 0 aromatic rings. The molecule has 0 spiro atoms. The summed E-state index contributed by atoms with van der Waals surface area (Å²) in [5.74, 6) is 0.956. The fraction of sp³-hybridized carbons (Fsp3) is 1.00. The first-order valence-electron chi connectivity index (χ1n) is 8.76. The second-order valence-corrected chi connectivity index (χ2v) is 7.17. The van der Waals surface area contributed by atoms with Crippen molar-refractivity contribution >= 4 is 0 Å². The molecule has 2 saturated heterocycles. The molecule has 0 amide bonds. The topological polar surface area (TPSA) is 9.72 Å². The van der Waals surface area contributed by atoms with Gasteiger partial charge in [-0.3, -0.25) is 0 Å². The molecule has 0 aliphatic carbocycles. The maximum absolute atomic E-state index is 2.73. The zero-order chi connectivity index (χ0) is 14.5. The van der Waals surface area contributed by atoms with E-state index in [9.17, 15) is 0 Å². The molecule has 0 unspecified atom stereocenters. The van der Waals surface area contributed by atoms with Gasteiger partial charge >= 0.3 is 0 Å². The second-order valence-electron chi connectivity index (χ2n) is 7.17. The predicted octanol–water partition coefficient (Wildman–Crippen LogP) is 2.52. The maximum Gasteiger partial charge on any atom is 0.0119 e. The molecule has 0 aromatic heterocycles. The van der Waals surface area contributed by atoms with Crippen LogP contribution < -0.4 is 0 Å². The first-order valence-corrected chi connectivity index (χ1v) is 8.76. The van der Waals surface area contributed by atoms with Crippen molar-refractivity contribution in [2.24, 2.45) is 5.92 Å². The molecule has 0 aromatic carbocycles. The molecule has 0 bridgehead atoms. The fourth-order valence-electron chi connectivity index (χ4n) is 3.78. The summed E-state index contributed by atoms with van der Waals surface area (Å²) in [4.78, 5) is 7.90. The summed E-state index contributed by atoms with van der Waals surface area (Å²) < 4.78 is 0. The Kier molecular flexibility index (Phi) is 6.31. The van der Waals surface area contributed by atoms with Crippen molar-refractivity contribution in [3.8, 4) is 0 Å². The van der Waals surface area contributed by atoms with Gasteiger partial charge in [0.05, 0.1) is 0 Å². The molecule has 2 aliphatic heterocycles. The van der Waals surface area contributed by atoms with Gasteiger partial charge in [-0.2, -0.15) is 0 Å². The molecule has 3 heteroatoms. The molecule has 3 nitrogen and oxygen atoms in total. The molecule has 0 N–H and O–H groups in total. The van der Waals surface area contributed by atoms with E-state index < -0.39 is 0 Å². The van der Waals surface area contributed by atoms with Crippen LogP contribution in [0.15, 0.2) is 0 Å². The van der Waals surface area contributed by atoms with E-state index in [2.05, 4.69) is 42.5 Å². The summed E-state index contributed by atoms with van der Waals surface area (Å²) in [5.41, 5.74) is 0. The Balaban J connectivity index is 1.67. The van der Waals surface area contributed by atoms with Crippen LogP contribution in [0.25, 0.3) is 0 Å². The fourth-order valence-corrected chi connectivity index (χ4v) is 3.78. The molecule has 2 aliphatic rings. The van der Waals surface area contributed by atoms with Gasteiger partial charge in [-0.05, 0) is 85.2 Å². The van der Waals surface area contributed by atoms with E-state index >= 15 is 0 Å². The second kappa shape index (κ2) is 7.77. The minimum atomic E-state index is 0.685. The van der Waals surface area contributed by atoms with Crippen LogP contribution in [-0.2, 0) is 0 Å². The van der Waals surface area contributed by atoms with Gasteiger partial charge < -0.3 is 14.7 Å². The van der Waals surface area contributed by atoms with Crippen molar-refractivity contribution in [1.29, 1.82) is 0 Å². The van der Waals surface area contributed by atoms with Crippen molar-refractivity contribution in [3.05, 3.63) is 0 Å². The van der Waals surface area contributed by atoms with Crippen LogP contribution in [0.3, 0.4) is 0 Å². The van der Waals surface area contributed by atoms with Gasteiger partial charge in [0.15, 0.2) is 0 Å². The molecule has 0 saturated carbocycles. The van der Waals surface area contributed by atoms with E-state index in [1.807, 2.05) is 0 Å². The van der Waals surface area contributed by atoms with E-state index in [1.54, 1.807) is 0 Å². The van der Waals surface area contributed by atoms with Crippen molar-refractivity contribution in [2.45, 2.75) is 58.5 Å². The van der Waals surface area contributed by atoms with Gasteiger partial charge in [-0.1, -0.05) is 6.92 Å². The number of hydrogen-bond donors (Lipinski definition) is 0. The third kappa shape index (κ3) is 4.44. The monoisotopic (exact) mass is 281 g/mol. The minimum absolute atomic E-state index is 0.685. The van der Waals surface area contributed by atoms with Gasteiger partial charge in [-0.25, -0.2) is 0 Å². The lowest BCUT2D eigenvalue weighted by molar-refractivity contribution is 0.0850. The van der Waals surface area contributed by atoms with E-state index in [0.29, 0.717) is 6.04 Å². The highest BCUT2D eigenvalue weighted by Gasteiger charge is 2.26. The standard InChI is InChI=1S/C17H35N3/c1-5-19-10-6-16(7-11-19)14-20-12-8-17(9-13-20)18(4)15(2)3/h15-17H,5-14H2,1-4H3. The molecular formula is C17H35N3. The summed E-state index contributed by atoms with van der Waals surface area (Å²) in [7, 11) is 2.30. The lowest BCUT2D eigenvalue weighted by Crippen LogP contribution is -2.47. The Morgan fingerprint density at radius 2 is 1.50 bits per heavy atom. The SMILES string of the molecule is CCN1CCC(CN2CCC(N(C)C(C)C)CC2)CC1. The lowest BCUT2D eigenvalue weighted by Gasteiger charge is -2.40. The number of nitrogens with zero attached hydrogens (tertiary/aromatic N) is 3. The van der Waals surface area contributed by atoms with Crippen LogP contribution in [0.2, 0.25) is 0 Å². The maximum atomic E-state index is 2.73. The average Bonchev–Trinajstić information content (AvgIpc) is 2.48. The highest BCUT2D eigenvalue weighted by Crippen LogP contribution is 2.22. The molecular weight excluding hydrogens is 246 g/mol. The normalized spacial score (nSPS) is 24.9. The van der Waals surface area contributed by atoms with Gasteiger partial charge in [0.25, 0.3) is 0 Å². The number of rotatable bonds is 5. The van der Waals surface area contributed by atoms with Crippen LogP contribution in [0.1, 0.15) is 46.5 Å². The summed E-state index contributed by atoms with van der Waals surface area (Å²) >= 11 is 0. The molecule has 2 fully saturated rings. The van der Waals surface area contributed by atoms with Crippen LogP contribution in [-0.4, -0.2) is 73.1 Å². The van der Waals surface area contributed by atoms with Crippen LogP contribution in [0.4, 0.5) is 0 Å². The lowest BCUT2D eigenvalue weighted by atomic mass is 9.94. The third-order valence-corrected chi connectivity index (χ3v) is 5.62. The van der Waals surface area contributed by atoms with Crippen LogP contribution in [0.5, 0.6) is 0 Å². The van der Waals surface area contributed by atoms with Crippen molar-refractivity contribution in [3.63, 3.8) is 0 Å². The van der Waals surface area contributed by atoms with Crippen molar-refractivity contribution in [2.75, 3.05) is 46.3 Å². The average molecular weight is 281 g/mol. The van der Waals surface area contributed by atoms with E-state index in [1.165, 1.54) is 65.0 Å². The summed E-state index contributed by atoms with van der Waals surface area (Å²) in [6, 6.07) is 1.50. The smallest absolute Gasteiger partial charge is 0.0119 e. The summed E-state index contributed by atoms with van der Waals surface area (Å²) in [6.07, 6.45) is 5.56. The molecule has 20 heavy (non-hydrogen) atoms. The van der Waals surface area contributed by atoms with E-state index in [0.717, 1.165) is 12.0 Å². The van der Waals surface area contributed by atoms with Crippen molar-refractivity contribution < 1.29 is 0 Å². The van der Waals surface area contributed by atoms with E-state index in [-0.39, 0.29) is 0 Å². The minimum Gasteiger partial charge on any atom is -0.304 e. The number of likely N-dealkylation sites (tertiary alicyclic amines) is 2. The zero-order valence-electron chi connectivity index (χ0n) is 14.1. The van der Waals surface area contributed by atoms with Crippen LogP contribution in [0, 0.1) is 5.92 Å². The summed E-state index contributed by atoms with van der Waals surface area (Å²) in [5, 5.41) is 0. The molecule has 0 radical (unpaired) electrons. The Morgan fingerprint density at radius 1 is 0.950 bits per heavy atom. The molecule has 0 atom stereocenters. The van der Waals surface area contributed by atoms with Gasteiger partial charge in [0.2, 0.25) is 0 Å². The molecule has 2 rings (SSSR count).